The van der Waals surface area contributed by atoms with Gasteiger partial charge >= 0.3 is 0 Å². The van der Waals surface area contributed by atoms with Gasteiger partial charge in [0.15, 0.2) is 0 Å². The Bertz CT molecular complexity index is 1250. The van der Waals surface area contributed by atoms with E-state index < -0.39 is 0 Å². The predicted molar refractivity (Wildman–Crippen MR) is 220 cm³/mol. The second-order valence-corrected chi connectivity index (χ2v) is 15.4. The fourth-order valence-corrected chi connectivity index (χ4v) is 8.34. The molecule has 6 rings (SSSR count). The van der Waals surface area contributed by atoms with Crippen molar-refractivity contribution in [3.8, 4) is 0 Å². The first-order valence-corrected chi connectivity index (χ1v) is 21.0. The van der Waals surface area contributed by atoms with Crippen LogP contribution in [0.2, 0.25) is 0 Å². The zero-order chi connectivity index (χ0) is 35.9. The summed E-state index contributed by atoms with van der Waals surface area (Å²) in [5, 5.41) is 0. The van der Waals surface area contributed by atoms with E-state index in [2.05, 4.69) is 127 Å². The molecule has 3 aliphatic rings. The molecule has 4 heteroatoms. The lowest BCUT2D eigenvalue weighted by molar-refractivity contribution is 0.0147. The summed E-state index contributed by atoms with van der Waals surface area (Å²) in [5.74, 6) is 0. The highest BCUT2D eigenvalue weighted by atomic mass is 16.5. The van der Waals surface area contributed by atoms with Crippen molar-refractivity contribution in [1.82, 2.24) is 14.7 Å². The number of piperidine rings is 1. The lowest BCUT2D eigenvalue weighted by Gasteiger charge is -2.34. The largest absolute Gasteiger partial charge is 0.379 e. The molecule has 0 spiro atoms. The van der Waals surface area contributed by atoms with E-state index in [-0.39, 0.29) is 0 Å². The summed E-state index contributed by atoms with van der Waals surface area (Å²) in [7, 11) is 0. The molecule has 3 aliphatic heterocycles. The van der Waals surface area contributed by atoms with Gasteiger partial charge in [-0.05, 0) is 114 Å². The molecule has 0 aliphatic carbocycles. The molecule has 3 atom stereocenters. The van der Waals surface area contributed by atoms with Crippen LogP contribution >= 0.6 is 0 Å². The molecule has 3 aromatic rings. The Morgan fingerprint density at radius 2 is 0.804 bits per heavy atom. The van der Waals surface area contributed by atoms with Crippen molar-refractivity contribution in [2.75, 3.05) is 52.5 Å². The van der Waals surface area contributed by atoms with Crippen LogP contribution in [-0.4, -0.2) is 85.3 Å². The molecule has 0 saturated carbocycles. The van der Waals surface area contributed by atoms with Crippen LogP contribution in [0, 0.1) is 6.92 Å². The van der Waals surface area contributed by atoms with Crippen LogP contribution in [0.3, 0.4) is 0 Å². The van der Waals surface area contributed by atoms with E-state index in [1.54, 1.807) is 0 Å². The van der Waals surface area contributed by atoms with E-state index >= 15 is 0 Å². The van der Waals surface area contributed by atoms with Crippen molar-refractivity contribution in [3.63, 3.8) is 0 Å². The molecule has 3 fully saturated rings. The lowest BCUT2D eigenvalue weighted by atomic mass is 9.97. The third-order valence-corrected chi connectivity index (χ3v) is 11.2. The van der Waals surface area contributed by atoms with E-state index in [0.717, 1.165) is 38.4 Å². The third-order valence-electron chi connectivity index (χ3n) is 11.2. The van der Waals surface area contributed by atoms with Crippen molar-refractivity contribution in [2.24, 2.45) is 0 Å². The third kappa shape index (κ3) is 15.6. The van der Waals surface area contributed by atoms with E-state index in [0.29, 0.717) is 6.04 Å². The van der Waals surface area contributed by atoms with Crippen LogP contribution in [0.25, 0.3) is 0 Å². The number of morpholine rings is 1. The van der Waals surface area contributed by atoms with Crippen molar-refractivity contribution >= 4 is 0 Å². The molecule has 4 nitrogen and oxygen atoms in total. The molecule has 0 aromatic heterocycles. The van der Waals surface area contributed by atoms with Gasteiger partial charge in [-0.25, -0.2) is 0 Å². The monoisotopic (exact) mass is 696 g/mol. The molecule has 0 N–H and O–H groups in total. The van der Waals surface area contributed by atoms with Crippen molar-refractivity contribution in [2.45, 2.75) is 136 Å². The first-order chi connectivity index (χ1) is 25.1. The van der Waals surface area contributed by atoms with Gasteiger partial charge in [0, 0.05) is 31.2 Å². The number of aryl methyl sites for hydroxylation is 1. The average Bonchev–Trinajstić information content (AvgIpc) is 3.73. The van der Waals surface area contributed by atoms with Gasteiger partial charge in [-0.1, -0.05) is 137 Å². The maximum atomic E-state index is 5.44. The molecule has 3 saturated heterocycles. The van der Waals surface area contributed by atoms with E-state index in [4.69, 9.17) is 4.74 Å². The first-order valence-electron chi connectivity index (χ1n) is 21.0. The van der Waals surface area contributed by atoms with Gasteiger partial charge in [-0.3, -0.25) is 4.90 Å². The zero-order valence-electron chi connectivity index (χ0n) is 33.1. The van der Waals surface area contributed by atoms with Crippen LogP contribution < -0.4 is 0 Å². The molecular formula is C47H73N3O. The molecule has 3 aromatic carbocycles. The van der Waals surface area contributed by atoms with Crippen molar-refractivity contribution < 1.29 is 4.74 Å². The summed E-state index contributed by atoms with van der Waals surface area (Å²) >= 11 is 0. The van der Waals surface area contributed by atoms with Gasteiger partial charge in [-0.15, -0.1) is 0 Å². The SMILES string of the molecule is CCCC(Cc1ccc(C)cc1)N1CCCCC1.CCCC(Cc1ccccc1)N1CCCC1.CCCC(Cc1ccccc1)N1CCOCC1. The molecule has 3 unspecified atom stereocenters. The Labute approximate surface area is 314 Å². The van der Waals surface area contributed by atoms with Crippen molar-refractivity contribution in [3.05, 3.63) is 107 Å². The minimum absolute atomic E-state index is 0.686. The fraction of sp³-hybridized carbons (Fsp3) is 0.617. The second kappa shape index (κ2) is 24.7. The van der Waals surface area contributed by atoms with Crippen LogP contribution in [-0.2, 0) is 24.0 Å². The minimum Gasteiger partial charge on any atom is -0.379 e. The summed E-state index contributed by atoms with van der Waals surface area (Å²) in [4.78, 5) is 8.02. The van der Waals surface area contributed by atoms with Crippen LogP contribution in [0.15, 0.2) is 84.9 Å². The highest BCUT2D eigenvalue weighted by Crippen LogP contribution is 2.21. The standard InChI is InChI=1S/C17H27N.C15H23NO.C15H23N/c1-3-7-17(18-12-5-4-6-13-18)14-16-10-8-15(2)9-11-16;1-2-6-15(16-9-11-17-12-10-16)13-14-7-4-3-5-8-14;1-2-8-15(16-11-6-7-12-16)13-14-9-4-3-5-10-14/h8-11,17H,3-7,12-14H2,1-2H3;3-5,7-8,15H,2,6,9-13H2,1H3;3-5,9-10,15H,2,6-8,11-13H2,1H3. The Morgan fingerprint density at radius 3 is 1.20 bits per heavy atom. The maximum Gasteiger partial charge on any atom is 0.0594 e. The summed E-state index contributed by atoms with van der Waals surface area (Å²) in [6.07, 6.45) is 18.5. The van der Waals surface area contributed by atoms with Gasteiger partial charge in [0.2, 0.25) is 0 Å². The number of rotatable bonds is 15. The Hall–Kier alpha value is -2.50. The van der Waals surface area contributed by atoms with Gasteiger partial charge in [-0.2, -0.15) is 0 Å². The predicted octanol–water partition coefficient (Wildman–Crippen LogP) is 10.4. The van der Waals surface area contributed by atoms with E-state index in [1.807, 2.05) is 0 Å². The molecule has 3 heterocycles. The second-order valence-electron chi connectivity index (χ2n) is 15.4. The summed E-state index contributed by atoms with van der Waals surface area (Å²) in [6.45, 7) is 18.3. The highest BCUT2D eigenvalue weighted by molar-refractivity contribution is 5.22. The average molecular weight is 696 g/mol. The first kappa shape index (κ1) is 41.3. The summed E-state index contributed by atoms with van der Waals surface area (Å²) < 4.78 is 5.44. The van der Waals surface area contributed by atoms with Gasteiger partial charge in [0.1, 0.15) is 0 Å². The zero-order valence-corrected chi connectivity index (χ0v) is 33.1. The van der Waals surface area contributed by atoms with Crippen molar-refractivity contribution in [1.29, 1.82) is 0 Å². The molecular weight excluding hydrogens is 623 g/mol. The quantitative estimate of drug-likeness (QED) is 0.158. The number of hydrogen-bond acceptors (Lipinski definition) is 4. The van der Waals surface area contributed by atoms with Crippen LogP contribution in [0.5, 0.6) is 0 Å². The number of likely N-dealkylation sites (tertiary alicyclic amines) is 2. The Balaban J connectivity index is 0.000000172. The molecule has 0 amide bonds. The van der Waals surface area contributed by atoms with Gasteiger partial charge in [0.05, 0.1) is 13.2 Å². The minimum atomic E-state index is 0.686. The van der Waals surface area contributed by atoms with Gasteiger partial charge < -0.3 is 14.5 Å². The van der Waals surface area contributed by atoms with Crippen LogP contribution in [0.4, 0.5) is 0 Å². The molecule has 0 radical (unpaired) electrons. The smallest absolute Gasteiger partial charge is 0.0594 e. The van der Waals surface area contributed by atoms with Crippen LogP contribution in [0.1, 0.15) is 114 Å². The topological polar surface area (TPSA) is 19.0 Å². The number of nitrogens with zero attached hydrogens (tertiary/aromatic N) is 3. The summed E-state index contributed by atoms with van der Waals surface area (Å²) in [5.41, 5.74) is 5.82. The molecule has 51 heavy (non-hydrogen) atoms. The normalized spacial score (nSPS) is 18.9. The Morgan fingerprint density at radius 1 is 0.451 bits per heavy atom. The summed E-state index contributed by atoms with van der Waals surface area (Å²) in [6, 6.07) is 33.1. The van der Waals surface area contributed by atoms with Gasteiger partial charge in [0.25, 0.3) is 0 Å². The number of hydrogen-bond donors (Lipinski definition) is 0. The maximum absolute atomic E-state index is 5.44. The number of benzene rings is 3. The van der Waals surface area contributed by atoms with E-state index in [1.165, 1.54) is 138 Å². The molecule has 282 valence electrons. The molecule has 0 bridgehead atoms. The fourth-order valence-electron chi connectivity index (χ4n) is 8.34. The Kier molecular flexibility index (Phi) is 20.0. The number of ether oxygens (including phenoxy) is 1. The van der Waals surface area contributed by atoms with E-state index in [9.17, 15) is 0 Å². The lowest BCUT2D eigenvalue weighted by Crippen LogP contribution is -2.44. The highest BCUT2D eigenvalue weighted by Gasteiger charge is 2.22.